The first-order valence-corrected chi connectivity index (χ1v) is 7.97. The van der Waals surface area contributed by atoms with E-state index in [0.717, 1.165) is 0 Å². The van der Waals surface area contributed by atoms with Crippen molar-refractivity contribution in [3.8, 4) is 0 Å². The van der Waals surface area contributed by atoms with Gasteiger partial charge in [-0.25, -0.2) is 18.1 Å². The van der Waals surface area contributed by atoms with Crippen molar-refractivity contribution >= 4 is 10.0 Å². The number of sulfonamides is 1. The van der Waals surface area contributed by atoms with Crippen molar-refractivity contribution in [2.24, 2.45) is 5.92 Å². The number of likely N-dealkylation sites (N-methyl/N-ethyl adjacent to an activating group) is 1. The van der Waals surface area contributed by atoms with Gasteiger partial charge in [-0.15, -0.1) is 0 Å². The Morgan fingerprint density at radius 1 is 1.35 bits per heavy atom. The van der Waals surface area contributed by atoms with Gasteiger partial charge in [0.1, 0.15) is 0 Å². The number of hydrogen-bond donors (Lipinski definition) is 2. The third-order valence-electron chi connectivity index (χ3n) is 2.93. The second kappa shape index (κ2) is 7.12. The van der Waals surface area contributed by atoms with E-state index in [4.69, 9.17) is 5.11 Å². The summed E-state index contributed by atoms with van der Waals surface area (Å²) in [6.45, 7) is 4.40. The van der Waals surface area contributed by atoms with Crippen LogP contribution in [0.5, 0.6) is 0 Å². The molecule has 0 aliphatic carbocycles. The molecule has 0 bridgehead atoms. The van der Waals surface area contributed by atoms with E-state index in [-0.39, 0.29) is 23.6 Å². The standard InChI is InChI=1S/C13H23N3O3S/c1-10(2)12(8-16(3)4)15-20(18,19)13-6-5-11(9-17)7-14-13/h5-7,10,12,15,17H,8-9H2,1-4H3. The van der Waals surface area contributed by atoms with E-state index in [1.165, 1.54) is 12.3 Å². The van der Waals surface area contributed by atoms with Crippen molar-refractivity contribution in [3.63, 3.8) is 0 Å². The first-order valence-electron chi connectivity index (χ1n) is 6.49. The van der Waals surface area contributed by atoms with Gasteiger partial charge in [-0.3, -0.25) is 0 Å². The fraction of sp³-hybridized carbons (Fsp3) is 0.615. The molecule has 6 nitrogen and oxygen atoms in total. The molecule has 1 heterocycles. The van der Waals surface area contributed by atoms with Crippen LogP contribution in [0.2, 0.25) is 0 Å². The number of nitrogens with one attached hydrogen (secondary N) is 1. The lowest BCUT2D eigenvalue weighted by Crippen LogP contribution is -2.45. The monoisotopic (exact) mass is 301 g/mol. The smallest absolute Gasteiger partial charge is 0.258 e. The summed E-state index contributed by atoms with van der Waals surface area (Å²) in [5, 5.41) is 8.91. The molecule has 20 heavy (non-hydrogen) atoms. The summed E-state index contributed by atoms with van der Waals surface area (Å²) in [7, 11) is 0.157. The van der Waals surface area contributed by atoms with Crippen molar-refractivity contribution in [1.82, 2.24) is 14.6 Å². The summed E-state index contributed by atoms with van der Waals surface area (Å²) in [5.41, 5.74) is 0.581. The third-order valence-corrected chi connectivity index (χ3v) is 4.33. The SMILES string of the molecule is CC(C)C(CN(C)C)NS(=O)(=O)c1ccc(CO)cn1. The van der Waals surface area contributed by atoms with Crippen LogP contribution in [0.1, 0.15) is 19.4 Å². The molecule has 1 rings (SSSR count). The molecule has 0 fully saturated rings. The Balaban J connectivity index is 2.91. The fourth-order valence-corrected chi connectivity index (χ4v) is 3.01. The van der Waals surface area contributed by atoms with Crippen molar-refractivity contribution in [2.45, 2.75) is 31.5 Å². The van der Waals surface area contributed by atoms with Gasteiger partial charge in [-0.2, -0.15) is 0 Å². The van der Waals surface area contributed by atoms with Gasteiger partial charge in [0.15, 0.2) is 5.03 Å². The number of nitrogens with zero attached hydrogens (tertiary/aromatic N) is 2. The highest BCUT2D eigenvalue weighted by Crippen LogP contribution is 2.11. The van der Waals surface area contributed by atoms with Gasteiger partial charge in [0, 0.05) is 18.8 Å². The van der Waals surface area contributed by atoms with E-state index < -0.39 is 10.0 Å². The lowest BCUT2D eigenvalue weighted by atomic mass is 10.1. The molecule has 1 aromatic rings. The summed E-state index contributed by atoms with van der Waals surface area (Å²) >= 11 is 0. The van der Waals surface area contributed by atoms with Gasteiger partial charge >= 0.3 is 0 Å². The van der Waals surface area contributed by atoms with E-state index in [9.17, 15) is 8.42 Å². The molecule has 1 atom stereocenters. The molecule has 0 aliphatic heterocycles. The zero-order valence-corrected chi connectivity index (χ0v) is 13.2. The number of hydrogen-bond acceptors (Lipinski definition) is 5. The maximum absolute atomic E-state index is 12.3. The van der Waals surface area contributed by atoms with E-state index in [2.05, 4.69) is 9.71 Å². The van der Waals surface area contributed by atoms with E-state index in [1.54, 1.807) is 6.07 Å². The Hall–Kier alpha value is -1.02. The minimum atomic E-state index is -3.64. The predicted molar refractivity (Wildman–Crippen MR) is 77.7 cm³/mol. The van der Waals surface area contributed by atoms with Gasteiger partial charge in [-0.1, -0.05) is 19.9 Å². The zero-order chi connectivity index (χ0) is 15.3. The molecule has 7 heteroatoms. The topological polar surface area (TPSA) is 82.5 Å². The molecule has 0 amide bonds. The second-order valence-electron chi connectivity index (χ2n) is 5.40. The van der Waals surface area contributed by atoms with Crippen LogP contribution in [0.3, 0.4) is 0 Å². The number of aliphatic hydroxyl groups excluding tert-OH is 1. The van der Waals surface area contributed by atoms with Gasteiger partial charge in [0.2, 0.25) is 0 Å². The molecule has 0 saturated carbocycles. The van der Waals surface area contributed by atoms with E-state index >= 15 is 0 Å². The van der Waals surface area contributed by atoms with Crippen LogP contribution >= 0.6 is 0 Å². The zero-order valence-electron chi connectivity index (χ0n) is 12.4. The molecule has 0 saturated heterocycles. The largest absolute Gasteiger partial charge is 0.392 e. The molecule has 0 aliphatic rings. The Kier molecular flexibility index (Phi) is 6.07. The minimum Gasteiger partial charge on any atom is -0.392 e. The molecule has 0 radical (unpaired) electrons. The highest BCUT2D eigenvalue weighted by atomic mass is 32.2. The van der Waals surface area contributed by atoms with Gasteiger partial charge in [-0.05, 0) is 31.6 Å². The molecule has 1 unspecified atom stereocenters. The van der Waals surface area contributed by atoms with Crippen LogP contribution in [-0.4, -0.2) is 50.1 Å². The second-order valence-corrected chi connectivity index (χ2v) is 7.06. The molecule has 2 N–H and O–H groups in total. The quantitative estimate of drug-likeness (QED) is 0.763. The van der Waals surface area contributed by atoms with E-state index in [0.29, 0.717) is 12.1 Å². The Morgan fingerprint density at radius 2 is 2.00 bits per heavy atom. The van der Waals surface area contributed by atoms with E-state index in [1.807, 2.05) is 32.8 Å². The fourth-order valence-electron chi connectivity index (χ4n) is 1.70. The molecular weight excluding hydrogens is 278 g/mol. The molecule has 0 aromatic carbocycles. The van der Waals surface area contributed by atoms with Crippen LogP contribution in [-0.2, 0) is 16.6 Å². The molecule has 1 aromatic heterocycles. The summed E-state index contributed by atoms with van der Waals surface area (Å²) in [5.74, 6) is 0.170. The Labute approximate surface area is 120 Å². The van der Waals surface area contributed by atoms with Crippen LogP contribution in [0.4, 0.5) is 0 Å². The van der Waals surface area contributed by atoms with Crippen molar-refractivity contribution in [2.75, 3.05) is 20.6 Å². The summed E-state index contributed by atoms with van der Waals surface area (Å²) in [6.07, 6.45) is 1.37. The van der Waals surface area contributed by atoms with Crippen LogP contribution in [0.25, 0.3) is 0 Å². The van der Waals surface area contributed by atoms with Crippen molar-refractivity contribution in [3.05, 3.63) is 23.9 Å². The summed E-state index contributed by atoms with van der Waals surface area (Å²) in [6, 6.07) is 2.77. The first-order chi connectivity index (χ1) is 9.26. The predicted octanol–water partition coefficient (Wildman–Crippen LogP) is 0.438. The summed E-state index contributed by atoms with van der Waals surface area (Å²) < 4.78 is 27.2. The summed E-state index contributed by atoms with van der Waals surface area (Å²) in [4.78, 5) is 5.83. The van der Waals surface area contributed by atoms with Crippen LogP contribution < -0.4 is 4.72 Å². The number of pyridine rings is 1. The van der Waals surface area contributed by atoms with Crippen LogP contribution in [0, 0.1) is 5.92 Å². The molecule has 0 spiro atoms. The van der Waals surface area contributed by atoms with Crippen molar-refractivity contribution in [1.29, 1.82) is 0 Å². The first kappa shape index (κ1) is 17.0. The minimum absolute atomic E-state index is 0.0286. The Morgan fingerprint density at radius 3 is 2.40 bits per heavy atom. The maximum atomic E-state index is 12.3. The highest BCUT2D eigenvalue weighted by molar-refractivity contribution is 7.89. The molecule has 114 valence electrons. The number of rotatable bonds is 7. The van der Waals surface area contributed by atoms with Gasteiger partial charge in [0.25, 0.3) is 10.0 Å². The van der Waals surface area contributed by atoms with Crippen LogP contribution in [0.15, 0.2) is 23.4 Å². The van der Waals surface area contributed by atoms with Gasteiger partial charge in [0.05, 0.1) is 6.61 Å². The lowest BCUT2D eigenvalue weighted by Gasteiger charge is -2.25. The third kappa shape index (κ3) is 4.82. The maximum Gasteiger partial charge on any atom is 0.258 e. The highest BCUT2D eigenvalue weighted by Gasteiger charge is 2.23. The normalized spacial score (nSPS) is 13.9. The number of aliphatic hydroxyl groups is 1. The lowest BCUT2D eigenvalue weighted by molar-refractivity contribution is 0.281. The van der Waals surface area contributed by atoms with Gasteiger partial charge < -0.3 is 10.0 Å². The van der Waals surface area contributed by atoms with Crippen molar-refractivity contribution < 1.29 is 13.5 Å². The Bertz CT molecular complexity index is 512. The number of aromatic nitrogens is 1. The molecular formula is C13H23N3O3S. The average molecular weight is 301 g/mol. The average Bonchev–Trinajstić information content (AvgIpc) is 2.37.